The second-order valence-corrected chi connectivity index (χ2v) is 6.60. The second kappa shape index (κ2) is 7.81. The molecule has 1 aliphatic rings. The van der Waals surface area contributed by atoms with Crippen molar-refractivity contribution in [2.24, 2.45) is 13.0 Å². The van der Waals surface area contributed by atoms with Crippen LogP contribution in [-0.4, -0.2) is 36.1 Å². The van der Waals surface area contributed by atoms with Gasteiger partial charge in [0.05, 0.1) is 5.69 Å². The molecule has 130 valence electrons. The summed E-state index contributed by atoms with van der Waals surface area (Å²) in [5.74, 6) is 1.44. The van der Waals surface area contributed by atoms with E-state index in [1.165, 1.54) is 11.1 Å². The predicted molar refractivity (Wildman–Crippen MR) is 94.3 cm³/mol. The zero-order chi connectivity index (χ0) is 16.9. The SMILES string of the molecule is Cc1cc(C)cc(OCCNC[C@@H]2CCO[C@H]2c2ccnn2C)c1. The molecule has 2 heterocycles. The number of ether oxygens (including phenoxy) is 2. The van der Waals surface area contributed by atoms with Crippen LogP contribution in [0.5, 0.6) is 5.75 Å². The average Bonchev–Trinajstić information content (AvgIpc) is 3.14. The van der Waals surface area contributed by atoms with Gasteiger partial charge < -0.3 is 14.8 Å². The molecule has 0 amide bonds. The molecule has 5 heteroatoms. The zero-order valence-corrected chi connectivity index (χ0v) is 14.8. The van der Waals surface area contributed by atoms with Crippen molar-refractivity contribution in [1.82, 2.24) is 15.1 Å². The van der Waals surface area contributed by atoms with Gasteiger partial charge in [-0.1, -0.05) is 6.07 Å². The monoisotopic (exact) mass is 329 g/mol. The Morgan fingerprint density at radius 1 is 1.29 bits per heavy atom. The minimum atomic E-state index is 0.144. The summed E-state index contributed by atoms with van der Waals surface area (Å²) >= 11 is 0. The van der Waals surface area contributed by atoms with E-state index < -0.39 is 0 Å². The quantitative estimate of drug-likeness (QED) is 0.794. The highest BCUT2D eigenvalue weighted by Gasteiger charge is 2.31. The number of rotatable bonds is 7. The summed E-state index contributed by atoms with van der Waals surface area (Å²) in [6.07, 6.45) is 3.06. The first-order valence-electron chi connectivity index (χ1n) is 8.65. The van der Waals surface area contributed by atoms with Crippen LogP contribution in [0, 0.1) is 19.8 Å². The first-order valence-corrected chi connectivity index (χ1v) is 8.65. The Kier molecular flexibility index (Phi) is 5.53. The molecule has 1 aromatic heterocycles. The molecule has 0 aliphatic carbocycles. The van der Waals surface area contributed by atoms with Gasteiger partial charge in [-0.05, 0) is 49.6 Å². The number of aryl methyl sites for hydroxylation is 3. The third-order valence-electron chi connectivity index (χ3n) is 4.51. The van der Waals surface area contributed by atoms with Crippen molar-refractivity contribution in [2.75, 3.05) is 26.3 Å². The Balaban J connectivity index is 1.42. The maximum Gasteiger partial charge on any atom is 0.119 e. The van der Waals surface area contributed by atoms with Gasteiger partial charge in [-0.25, -0.2) is 0 Å². The van der Waals surface area contributed by atoms with E-state index in [9.17, 15) is 0 Å². The molecule has 1 aromatic carbocycles. The van der Waals surface area contributed by atoms with E-state index >= 15 is 0 Å². The van der Waals surface area contributed by atoms with Crippen LogP contribution < -0.4 is 10.1 Å². The highest BCUT2D eigenvalue weighted by molar-refractivity contribution is 5.32. The summed E-state index contributed by atoms with van der Waals surface area (Å²) < 4.78 is 13.7. The lowest BCUT2D eigenvalue weighted by molar-refractivity contribution is 0.0836. The molecule has 0 unspecified atom stereocenters. The van der Waals surface area contributed by atoms with Crippen molar-refractivity contribution in [1.29, 1.82) is 0 Å². The number of nitrogens with one attached hydrogen (secondary N) is 1. The highest BCUT2D eigenvalue weighted by atomic mass is 16.5. The van der Waals surface area contributed by atoms with Gasteiger partial charge in [0.1, 0.15) is 18.5 Å². The van der Waals surface area contributed by atoms with Crippen LogP contribution >= 0.6 is 0 Å². The fourth-order valence-electron chi connectivity index (χ4n) is 3.38. The van der Waals surface area contributed by atoms with Crippen molar-refractivity contribution < 1.29 is 9.47 Å². The summed E-state index contributed by atoms with van der Waals surface area (Å²) in [7, 11) is 1.97. The largest absolute Gasteiger partial charge is 0.492 e. The molecule has 2 atom stereocenters. The molecule has 0 spiro atoms. The standard InChI is InChI=1S/C19H27N3O2/c1-14-10-15(2)12-17(11-14)23-9-7-20-13-16-5-8-24-19(16)18-4-6-21-22(18)3/h4,6,10-12,16,19-20H,5,7-9,13H2,1-3H3/t16-,19+/m0/s1. The summed E-state index contributed by atoms with van der Waals surface area (Å²) in [6.45, 7) is 7.45. The Hall–Kier alpha value is -1.85. The normalized spacial score (nSPS) is 20.5. The minimum absolute atomic E-state index is 0.144. The molecular formula is C19H27N3O2. The van der Waals surface area contributed by atoms with Gasteiger partial charge in [-0.15, -0.1) is 0 Å². The molecule has 1 N–H and O–H groups in total. The lowest BCUT2D eigenvalue weighted by Crippen LogP contribution is -2.29. The van der Waals surface area contributed by atoms with Crippen molar-refractivity contribution in [3.05, 3.63) is 47.3 Å². The van der Waals surface area contributed by atoms with Crippen LogP contribution in [0.1, 0.15) is 29.3 Å². The molecule has 3 rings (SSSR count). The zero-order valence-electron chi connectivity index (χ0n) is 14.8. The molecule has 0 bridgehead atoms. The molecular weight excluding hydrogens is 302 g/mol. The van der Waals surface area contributed by atoms with E-state index in [2.05, 4.69) is 42.5 Å². The number of aromatic nitrogens is 2. The molecule has 0 saturated carbocycles. The van der Waals surface area contributed by atoms with E-state index in [4.69, 9.17) is 9.47 Å². The highest BCUT2D eigenvalue weighted by Crippen LogP contribution is 2.33. The van der Waals surface area contributed by atoms with Gasteiger partial charge >= 0.3 is 0 Å². The number of benzene rings is 1. The van der Waals surface area contributed by atoms with Crippen molar-refractivity contribution >= 4 is 0 Å². The predicted octanol–water partition coefficient (Wildman–Crippen LogP) is 2.78. The Morgan fingerprint density at radius 3 is 2.79 bits per heavy atom. The maximum absolute atomic E-state index is 5.91. The molecule has 1 saturated heterocycles. The van der Waals surface area contributed by atoms with Crippen LogP contribution in [0.15, 0.2) is 30.5 Å². The lowest BCUT2D eigenvalue weighted by Gasteiger charge is -2.19. The van der Waals surface area contributed by atoms with Gasteiger partial charge in [0.2, 0.25) is 0 Å². The van der Waals surface area contributed by atoms with Crippen LogP contribution in [-0.2, 0) is 11.8 Å². The Bertz CT molecular complexity index is 648. The molecule has 5 nitrogen and oxygen atoms in total. The minimum Gasteiger partial charge on any atom is -0.492 e. The fraction of sp³-hybridized carbons (Fsp3) is 0.526. The summed E-state index contributed by atoms with van der Waals surface area (Å²) in [5, 5.41) is 7.75. The number of hydrogen-bond acceptors (Lipinski definition) is 4. The average molecular weight is 329 g/mol. The number of hydrogen-bond donors (Lipinski definition) is 1. The molecule has 0 radical (unpaired) electrons. The summed E-state index contributed by atoms with van der Waals surface area (Å²) in [6, 6.07) is 8.36. The van der Waals surface area contributed by atoms with Gasteiger partial charge in [-0.3, -0.25) is 4.68 Å². The Morgan fingerprint density at radius 2 is 2.08 bits per heavy atom. The summed E-state index contributed by atoms with van der Waals surface area (Å²) in [5.41, 5.74) is 3.63. The third kappa shape index (κ3) is 4.16. The maximum atomic E-state index is 5.91. The van der Waals surface area contributed by atoms with Crippen molar-refractivity contribution in [3.8, 4) is 5.75 Å². The molecule has 24 heavy (non-hydrogen) atoms. The Labute approximate surface area is 144 Å². The van der Waals surface area contributed by atoms with Gasteiger partial charge in [0.15, 0.2) is 0 Å². The van der Waals surface area contributed by atoms with Crippen molar-refractivity contribution in [2.45, 2.75) is 26.4 Å². The molecule has 2 aromatic rings. The first-order chi connectivity index (χ1) is 11.6. The topological polar surface area (TPSA) is 48.3 Å². The van der Waals surface area contributed by atoms with Gasteiger partial charge in [-0.2, -0.15) is 5.10 Å². The first kappa shape index (κ1) is 17.0. The lowest BCUT2D eigenvalue weighted by atomic mass is 9.99. The fourth-order valence-corrected chi connectivity index (χ4v) is 3.38. The van der Waals surface area contributed by atoms with Crippen LogP contribution in [0.3, 0.4) is 0 Å². The third-order valence-corrected chi connectivity index (χ3v) is 4.51. The van der Waals surface area contributed by atoms with Gasteiger partial charge in [0.25, 0.3) is 0 Å². The van der Waals surface area contributed by atoms with E-state index in [0.29, 0.717) is 12.5 Å². The second-order valence-electron chi connectivity index (χ2n) is 6.60. The van der Waals surface area contributed by atoms with Crippen LogP contribution in [0.25, 0.3) is 0 Å². The van der Waals surface area contributed by atoms with Crippen LogP contribution in [0.4, 0.5) is 0 Å². The number of nitrogens with zero attached hydrogens (tertiary/aromatic N) is 2. The van der Waals surface area contributed by atoms with Gasteiger partial charge in [0, 0.05) is 38.9 Å². The van der Waals surface area contributed by atoms with E-state index in [1.54, 1.807) is 0 Å². The van der Waals surface area contributed by atoms with E-state index in [0.717, 1.165) is 37.6 Å². The smallest absolute Gasteiger partial charge is 0.119 e. The molecule has 1 fully saturated rings. The van der Waals surface area contributed by atoms with E-state index in [-0.39, 0.29) is 6.10 Å². The van der Waals surface area contributed by atoms with Crippen LogP contribution in [0.2, 0.25) is 0 Å². The van der Waals surface area contributed by atoms with E-state index in [1.807, 2.05) is 24.0 Å². The molecule has 1 aliphatic heterocycles. The summed E-state index contributed by atoms with van der Waals surface area (Å²) in [4.78, 5) is 0. The van der Waals surface area contributed by atoms with Crippen molar-refractivity contribution in [3.63, 3.8) is 0 Å².